The number of rotatable bonds is 14. The number of likely N-dealkylation sites (tertiary alicyclic amines) is 1. The van der Waals surface area contributed by atoms with Crippen molar-refractivity contribution in [3.8, 4) is 17.2 Å². The Bertz CT molecular complexity index is 2680. The van der Waals surface area contributed by atoms with Gasteiger partial charge in [-0.05, 0) is 47.4 Å². The van der Waals surface area contributed by atoms with Crippen molar-refractivity contribution in [2.24, 2.45) is 10.9 Å². The van der Waals surface area contributed by atoms with E-state index < -0.39 is 82.7 Å². The fourth-order valence-corrected chi connectivity index (χ4v) is 8.22. The Morgan fingerprint density at radius 2 is 1.45 bits per heavy atom. The minimum Gasteiger partial charge on any atom is -0.497 e. The summed E-state index contributed by atoms with van der Waals surface area (Å²) < 4.78 is 109. The van der Waals surface area contributed by atoms with E-state index in [1.54, 1.807) is 24.3 Å². The van der Waals surface area contributed by atoms with E-state index in [0.29, 0.717) is 40.4 Å². The van der Waals surface area contributed by atoms with Gasteiger partial charge in [0, 0.05) is 33.0 Å². The minimum absolute atomic E-state index is 0.00409. The number of hydrogen-bond acceptors (Lipinski definition) is 11. The lowest BCUT2D eigenvalue weighted by Crippen LogP contribution is -2.38. The fraction of sp³-hybridized carbons (Fsp3) is 0.311. The average molecular weight is 889 g/mol. The zero-order valence-electron chi connectivity index (χ0n) is 34.8. The van der Waals surface area contributed by atoms with E-state index in [2.05, 4.69) is 19.9 Å². The van der Waals surface area contributed by atoms with Crippen molar-refractivity contribution in [1.82, 2.24) is 24.4 Å². The Balaban J connectivity index is 1.23. The van der Waals surface area contributed by atoms with Crippen LogP contribution >= 0.6 is 0 Å². The lowest BCUT2D eigenvalue weighted by molar-refractivity contribution is -0.138. The Kier molecular flexibility index (Phi) is 12.5. The number of amidine groups is 1. The van der Waals surface area contributed by atoms with E-state index in [4.69, 9.17) is 28.4 Å². The highest BCUT2D eigenvalue weighted by atomic mass is 19.2. The predicted octanol–water partition coefficient (Wildman–Crippen LogP) is 7.12. The minimum atomic E-state index is -2.42. The number of aromatic nitrogens is 4. The van der Waals surface area contributed by atoms with Crippen LogP contribution in [0.3, 0.4) is 0 Å². The van der Waals surface area contributed by atoms with Gasteiger partial charge in [0.15, 0.2) is 17.4 Å². The van der Waals surface area contributed by atoms with Gasteiger partial charge in [0.25, 0.3) is 5.56 Å². The van der Waals surface area contributed by atoms with E-state index in [-0.39, 0.29) is 23.7 Å². The maximum atomic E-state index is 14.8. The maximum absolute atomic E-state index is 14.8. The van der Waals surface area contributed by atoms with E-state index in [1.165, 1.54) is 32.2 Å². The summed E-state index contributed by atoms with van der Waals surface area (Å²) in [4.78, 5) is 45.1. The smallest absolute Gasteiger partial charge is 0.311 e. The number of halogens is 5. The van der Waals surface area contributed by atoms with Crippen LogP contribution in [0, 0.1) is 35.0 Å². The van der Waals surface area contributed by atoms with Gasteiger partial charge in [-0.1, -0.05) is 54.6 Å². The van der Waals surface area contributed by atoms with Crippen LogP contribution < -0.4 is 19.8 Å². The molecule has 4 heterocycles. The first-order valence-electron chi connectivity index (χ1n) is 20.0. The van der Waals surface area contributed by atoms with Gasteiger partial charge in [-0.15, -0.1) is 0 Å². The Hall–Kier alpha value is -6.70. The number of ether oxygens (including phenoxy) is 6. The van der Waals surface area contributed by atoms with Crippen LogP contribution in [0.2, 0.25) is 0 Å². The predicted molar refractivity (Wildman–Crippen MR) is 220 cm³/mol. The van der Waals surface area contributed by atoms with Crippen LogP contribution in [0.4, 0.5) is 27.9 Å². The first-order valence-corrected chi connectivity index (χ1v) is 20.0. The van der Waals surface area contributed by atoms with Crippen molar-refractivity contribution in [2.75, 3.05) is 41.5 Å². The largest absolute Gasteiger partial charge is 0.497 e. The zero-order chi connectivity index (χ0) is 45.3. The number of hydrogen-bond donors (Lipinski definition) is 1. The van der Waals surface area contributed by atoms with Gasteiger partial charge in [0.2, 0.25) is 40.8 Å². The third kappa shape index (κ3) is 8.05. The second kappa shape index (κ2) is 18.2. The number of H-pyrrole nitrogens is 1. The number of aliphatic imine (C=N–C) groups is 1. The van der Waals surface area contributed by atoms with Gasteiger partial charge < -0.3 is 33.3 Å². The molecule has 1 N–H and O–H groups in total. The summed E-state index contributed by atoms with van der Waals surface area (Å²) in [5, 5.41) is 0. The molecule has 6 aromatic rings. The summed E-state index contributed by atoms with van der Waals surface area (Å²) in [5.41, 5.74) is -0.0302. The molecule has 4 aromatic carbocycles. The number of esters is 1. The molecule has 19 heteroatoms. The summed E-state index contributed by atoms with van der Waals surface area (Å²) >= 11 is 0. The Morgan fingerprint density at radius 1 is 0.859 bits per heavy atom. The number of nitrogens with zero attached hydrogens (tertiary/aromatic N) is 5. The summed E-state index contributed by atoms with van der Waals surface area (Å²) in [6, 6.07) is 23.6. The van der Waals surface area contributed by atoms with Gasteiger partial charge in [0.1, 0.15) is 29.0 Å². The monoisotopic (exact) mass is 888 g/mol. The third-order valence-electron chi connectivity index (χ3n) is 11.5. The number of carbonyl (C=O) groups excluding carboxylic acids is 1. The van der Waals surface area contributed by atoms with Crippen molar-refractivity contribution >= 4 is 28.9 Å². The Morgan fingerprint density at radius 3 is 2.02 bits per heavy atom. The van der Waals surface area contributed by atoms with Crippen LogP contribution in [-0.4, -0.2) is 90.0 Å². The van der Waals surface area contributed by atoms with E-state index in [0.717, 1.165) is 13.0 Å². The number of aromatic amines is 1. The first kappa shape index (κ1) is 43.9. The topological polar surface area (TPSA) is 152 Å². The summed E-state index contributed by atoms with van der Waals surface area (Å²) in [7, 11) is 6.27. The second-order valence-electron chi connectivity index (χ2n) is 15.1. The van der Waals surface area contributed by atoms with E-state index >= 15 is 0 Å². The van der Waals surface area contributed by atoms with Crippen molar-refractivity contribution in [3.63, 3.8) is 0 Å². The number of carbonyl (C=O) groups is 1. The summed E-state index contributed by atoms with van der Waals surface area (Å²) in [6.07, 6.45) is -1.41. The molecule has 2 saturated heterocycles. The highest BCUT2D eigenvalue weighted by Crippen LogP contribution is 2.45. The second-order valence-corrected chi connectivity index (χ2v) is 15.1. The van der Waals surface area contributed by atoms with Crippen molar-refractivity contribution < 1.29 is 55.2 Å². The SMILES string of the molecule is COc1ccc(C(OC[C@H]2O[C@@H](n3cnc4c(=O)[nH]c(/N=C5\CCCN5C)nc43)[C@H](OC)[C@@H]2CC(=O)Oc2c(F)c(F)c(F)c(F)c2F)(c2ccccc2)c2ccc(OC)cc2)cc1. The molecular formula is C45H41F5N6O8. The van der Waals surface area contributed by atoms with Crippen LogP contribution in [0.1, 0.15) is 42.2 Å². The van der Waals surface area contributed by atoms with Gasteiger partial charge >= 0.3 is 5.97 Å². The highest BCUT2D eigenvalue weighted by molar-refractivity contribution is 5.86. The first-order chi connectivity index (χ1) is 30.9. The molecule has 0 amide bonds. The molecular weight excluding hydrogens is 848 g/mol. The van der Waals surface area contributed by atoms with Crippen molar-refractivity contribution in [3.05, 3.63) is 141 Å². The molecule has 8 rings (SSSR count). The molecule has 0 spiro atoms. The van der Waals surface area contributed by atoms with Crippen LogP contribution in [-0.2, 0) is 24.6 Å². The van der Waals surface area contributed by atoms with E-state index in [9.17, 15) is 31.5 Å². The van der Waals surface area contributed by atoms with Crippen LogP contribution in [0.15, 0.2) is 95.0 Å². The Labute approximate surface area is 362 Å². The molecule has 14 nitrogen and oxygen atoms in total. The number of methoxy groups -OCH3 is 3. The molecule has 2 aliphatic heterocycles. The molecule has 334 valence electrons. The molecule has 4 atom stereocenters. The van der Waals surface area contributed by atoms with Gasteiger partial charge in [-0.3, -0.25) is 19.1 Å². The lowest BCUT2D eigenvalue weighted by Gasteiger charge is -2.37. The molecule has 0 aliphatic carbocycles. The van der Waals surface area contributed by atoms with Gasteiger partial charge in [-0.2, -0.15) is 18.8 Å². The van der Waals surface area contributed by atoms with Crippen LogP contribution in [0.5, 0.6) is 17.2 Å². The fourth-order valence-electron chi connectivity index (χ4n) is 8.22. The van der Waals surface area contributed by atoms with E-state index in [1.807, 2.05) is 66.5 Å². The van der Waals surface area contributed by atoms with Gasteiger partial charge in [0.05, 0.1) is 39.7 Å². The van der Waals surface area contributed by atoms with Gasteiger partial charge in [-0.25, -0.2) is 18.2 Å². The third-order valence-corrected chi connectivity index (χ3v) is 11.5. The average Bonchev–Trinajstić information content (AvgIpc) is 4.03. The molecule has 0 saturated carbocycles. The molecule has 2 aromatic heterocycles. The van der Waals surface area contributed by atoms with Crippen molar-refractivity contribution in [1.29, 1.82) is 0 Å². The normalized spacial score (nSPS) is 19.5. The molecule has 0 radical (unpaired) electrons. The number of fused-ring (bicyclic) bond motifs is 1. The summed E-state index contributed by atoms with van der Waals surface area (Å²) in [6.45, 7) is 0.449. The zero-order valence-corrected chi connectivity index (χ0v) is 34.8. The molecule has 64 heavy (non-hydrogen) atoms. The lowest BCUT2D eigenvalue weighted by atomic mass is 9.80. The molecule has 0 bridgehead atoms. The molecule has 2 aliphatic rings. The standard InChI is InChI=1S/C45H41F5N6O8/c1-55-20-8-11-31(55)52-44-53-41-38(42(58)54-44)51-23-56(41)43-39(61-4)29(21-32(57)64-40-36(49)34(47)33(46)35(48)37(40)50)30(63-43)22-62-45(24-9-6-5-7-10-24,25-12-16-27(59-2)17-13-25)26-14-18-28(60-3)19-15-26/h5-7,9-10,12-19,23,29-30,39,43H,8,11,20-22H2,1-4H3,(H,53,54,58)/b52-31+/t29-,30-,39-,43-/m1/s1. The highest BCUT2D eigenvalue weighted by Gasteiger charge is 2.50. The number of benzene rings is 4. The maximum Gasteiger partial charge on any atom is 0.311 e. The molecule has 0 unspecified atom stereocenters. The number of imidazole rings is 1. The molecule has 2 fully saturated rings. The number of nitrogens with one attached hydrogen (secondary N) is 1. The van der Waals surface area contributed by atoms with Crippen LogP contribution in [0.25, 0.3) is 11.2 Å². The quantitative estimate of drug-likeness (QED) is 0.0297. The van der Waals surface area contributed by atoms with Crippen molar-refractivity contribution in [2.45, 2.75) is 43.3 Å². The summed E-state index contributed by atoms with van der Waals surface area (Å²) in [5.74, 6) is -14.1.